The molecular weight excluding hydrogens is 186 g/mol. The van der Waals surface area contributed by atoms with Gasteiger partial charge in [0, 0.05) is 7.05 Å². The van der Waals surface area contributed by atoms with E-state index in [-0.39, 0.29) is 0 Å². The Kier molecular flexibility index (Phi) is 2.72. The molecule has 3 heteroatoms. The first-order valence-electron chi connectivity index (χ1n) is 5.17. The summed E-state index contributed by atoms with van der Waals surface area (Å²) in [5.41, 5.74) is 3.29. The van der Waals surface area contributed by atoms with Crippen LogP contribution in [0.2, 0.25) is 0 Å². The summed E-state index contributed by atoms with van der Waals surface area (Å²) in [7, 11) is 1.92. The minimum Gasteiger partial charge on any atom is -0.385 e. The number of para-hydroxylation sites is 1. The van der Waals surface area contributed by atoms with Gasteiger partial charge in [0.05, 0.1) is 23.3 Å². The van der Waals surface area contributed by atoms with Crippen molar-refractivity contribution in [3.05, 3.63) is 42.2 Å². The molecule has 0 spiro atoms. The number of hydrogen-bond donors (Lipinski definition) is 1. The van der Waals surface area contributed by atoms with E-state index in [1.54, 1.807) is 0 Å². The smallest absolute Gasteiger partial charge is 0.0857 e. The van der Waals surface area contributed by atoms with Crippen molar-refractivity contribution in [2.75, 3.05) is 12.4 Å². The van der Waals surface area contributed by atoms with Crippen LogP contribution in [0.25, 0.3) is 5.69 Å². The summed E-state index contributed by atoms with van der Waals surface area (Å²) >= 11 is 0. The average molecular weight is 201 g/mol. The lowest BCUT2D eigenvalue weighted by molar-refractivity contribution is 0.841. The summed E-state index contributed by atoms with van der Waals surface area (Å²) in [6.45, 7) is 2.11. The Hall–Kier alpha value is -1.77. The van der Waals surface area contributed by atoms with Gasteiger partial charge in [-0.1, -0.05) is 25.1 Å². The molecule has 3 nitrogen and oxygen atoms in total. The van der Waals surface area contributed by atoms with Crippen molar-refractivity contribution < 1.29 is 0 Å². The minimum atomic E-state index is 0.940. The first-order valence-corrected chi connectivity index (χ1v) is 5.17. The summed E-state index contributed by atoms with van der Waals surface area (Å²) < 4.78 is 1.91. The maximum absolute atomic E-state index is 4.52. The average Bonchev–Trinajstić information content (AvgIpc) is 2.73. The number of rotatable bonds is 3. The maximum atomic E-state index is 4.52. The van der Waals surface area contributed by atoms with Gasteiger partial charge in [-0.05, 0) is 18.6 Å². The summed E-state index contributed by atoms with van der Waals surface area (Å²) in [6, 6.07) is 10.1. The van der Waals surface area contributed by atoms with Crippen molar-refractivity contribution in [1.82, 2.24) is 9.78 Å². The van der Waals surface area contributed by atoms with Crippen molar-refractivity contribution >= 4 is 5.69 Å². The quantitative estimate of drug-likeness (QED) is 0.826. The third-order valence-corrected chi connectivity index (χ3v) is 2.42. The molecule has 1 aromatic carbocycles. The standard InChI is InChI=1S/C12H15N3/c1-3-11-12(13-2)9-15(14-11)10-7-5-4-6-8-10/h4-9,13H,3H2,1-2H3. The molecule has 0 radical (unpaired) electrons. The Labute approximate surface area is 89.7 Å². The van der Waals surface area contributed by atoms with E-state index in [2.05, 4.69) is 17.3 Å². The fourth-order valence-corrected chi connectivity index (χ4v) is 1.59. The van der Waals surface area contributed by atoms with E-state index in [9.17, 15) is 0 Å². The van der Waals surface area contributed by atoms with E-state index in [0.29, 0.717) is 0 Å². The molecule has 0 aliphatic heterocycles. The Balaban J connectivity index is 2.42. The lowest BCUT2D eigenvalue weighted by Crippen LogP contribution is -1.94. The zero-order chi connectivity index (χ0) is 10.7. The van der Waals surface area contributed by atoms with E-state index in [1.165, 1.54) is 0 Å². The predicted octanol–water partition coefficient (Wildman–Crippen LogP) is 2.48. The van der Waals surface area contributed by atoms with E-state index in [4.69, 9.17) is 0 Å². The van der Waals surface area contributed by atoms with Gasteiger partial charge < -0.3 is 5.32 Å². The van der Waals surface area contributed by atoms with Gasteiger partial charge in [-0.2, -0.15) is 5.10 Å². The van der Waals surface area contributed by atoms with Crippen molar-refractivity contribution in [2.24, 2.45) is 0 Å². The van der Waals surface area contributed by atoms with Crippen LogP contribution in [-0.4, -0.2) is 16.8 Å². The van der Waals surface area contributed by atoms with Gasteiger partial charge in [-0.15, -0.1) is 0 Å². The molecular formula is C12H15N3. The van der Waals surface area contributed by atoms with Gasteiger partial charge in [0.1, 0.15) is 0 Å². The van der Waals surface area contributed by atoms with E-state index in [1.807, 2.05) is 48.3 Å². The van der Waals surface area contributed by atoms with Crippen LogP contribution in [-0.2, 0) is 6.42 Å². The number of benzene rings is 1. The molecule has 15 heavy (non-hydrogen) atoms. The van der Waals surface area contributed by atoms with Crippen LogP contribution < -0.4 is 5.32 Å². The second-order valence-corrected chi connectivity index (χ2v) is 3.37. The van der Waals surface area contributed by atoms with E-state index < -0.39 is 0 Å². The maximum Gasteiger partial charge on any atom is 0.0857 e. The molecule has 0 atom stereocenters. The molecule has 0 bridgehead atoms. The predicted molar refractivity (Wildman–Crippen MR) is 62.5 cm³/mol. The molecule has 0 amide bonds. The first kappa shape index (κ1) is 9.77. The van der Waals surface area contributed by atoms with Crippen LogP contribution in [0, 0.1) is 0 Å². The number of aryl methyl sites for hydroxylation is 1. The number of hydrogen-bond acceptors (Lipinski definition) is 2. The van der Waals surface area contributed by atoms with Crippen LogP contribution in [0.3, 0.4) is 0 Å². The molecule has 2 aromatic rings. The highest BCUT2D eigenvalue weighted by molar-refractivity contribution is 5.48. The monoisotopic (exact) mass is 201 g/mol. The highest BCUT2D eigenvalue weighted by Crippen LogP contribution is 2.16. The molecule has 1 aromatic heterocycles. The first-order chi connectivity index (χ1) is 7.35. The molecule has 0 saturated heterocycles. The summed E-state index contributed by atoms with van der Waals surface area (Å²) in [6.07, 6.45) is 2.96. The van der Waals surface area contributed by atoms with Gasteiger partial charge in [0.15, 0.2) is 0 Å². The van der Waals surface area contributed by atoms with Crippen LogP contribution in [0.5, 0.6) is 0 Å². The van der Waals surface area contributed by atoms with Crippen molar-refractivity contribution in [3.63, 3.8) is 0 Å². The normalized spacial score (nSPS) is 10.3. The molecule has 2 rings (SSSR count). The van der Waals surface area contributed by atoms with Crippen molar-refractivity contribution in [1.29, 1.82) is 0 Å². The zero-order valence-electron chi connectivity index (χ0n) is 9.07. The fourth-order valence-electron chi connectivity index (χ4n) is 1.59. The highest BCUT2D eigenvalue weighted by Gasteiger charge is 2.05. The lowest BCUT2D eigenvalue weighted by Gasteiger charge is -1.98. The SMILES string of the molecule is CCc1nn(-c2ccccc2)cc1NC. The second-order valence-electron chi connectivity index (χ2n) is 3.37. The number of nitrogens with one attached hydrogen (secondary N) is 1. The highest BCUT2D eigenvalue weighted by atomic mass is 15.3. The molecule has 1 N–H and O–H groups in total. The molecule has 0 aliphatic rings. The lowest BCUT2D eigenvalue weighted by atomic mass is 10.3. The summed E-state index contributed by atoms with van der Waals surface area (Å²) in [4.78, 5) is 0. The number of anilines is 1. The van der Waals surface area contributed by atoms with E-state index >= 15 is 0 Å². The van der Waals surface area contributed by atoms with Crippen molar-refractivity contribution in [2.45, 2.75) is 13.3 Å². The Bertz CT molecular complexity index is 410. The number of aromatic nitrogens is 2. The van der Waals surface area contributed by atoms with Gasteiger partial charge in [-0.3, -0.25) is 0 Å². The van der Waals surface area contributed by atoms with Gasteiger partial charge in [-0.25, -0.2) is 4.68 Å². The van der Waals surface area contributed by atoms with Crippen LogP contribution in [0.4, 0.5) is 5.69 Å². The molecule has 0 aliphatic carbocycles. The topological polar surface area (TPSA) is 29.9 Å². The molecule has 1 heterocycles. The zero-order valence-corrected chi connectivity index (χ0v) is 9.07. The summed E-state index contributed by atoms with van der Waals surface area (Å²) in [5, 5.41) is 7.68. The fraction of sp³-hybridized carbons (Fsp3) is 0.250. The van der Waals surface area contributed by atoms with Crippen LogP contribution in [0.1, 0.15) is 12.6 Å². The third-order valence-electron chi connectivity index (χ3n) is 2.42. The van der Waals surface area contributed by atoms with Gasteiger partial charge >= 0.3 is 0 Å². The second kappa shape index (κ2) is 4.17. The van der Waals surface area contributed by atoms with Crippen molar-refractivity contribution in [3.8, 4) is 5.69 Å². The van der Waals surface area contributed by atoms with Gasteiger partial charge in [0.2, 0.25) is 0 Å². The number of nitrogens with zero attached hydrogens (tertiary/aromatic N) is 2. The molecule has 0 unspecified atom stereocenters. The van der Waals surface area contributed by atoms with Crippen LogP contribution >= 0.6 is 0 Å². The Morgan fingerprint density at radius 1 is 1.27 bits per heavy atom. The minimum absolute atomic E-state index is 0.940. The Morgan fingerprint density at radius 3 is 2.53 bits per heavy atom. The van der Waals surface area contributed by atoms with Gasteiger partial charge in [0.25, 0.3) is 0 Å². The molecule has 0 fully saturated rings. The Morgan fingerprint density at radius 2 is 2.00 bits per heavy atom. The molecule has 78 valence electrons. The third kappa shape index (κ3) is 1.86. The van der Waals surface area contributed by atoms with E-state index in [0.717, 1.165) is 23.5 Å². The largest absolute Gasteiger partial charge is 0.385 e. The van der Waals surface area contributed by atoms with Crippen LogP contribution in [0.15, 0.2) is 36.5 Å². The molecule has 0 saturated carbocycles. The summed E-state index contributed by atoms with van der Waals surface area (Å²) in [5.74, 6) is 0.